The van der Waals surface area contributed by atoms with Crippen molar-refractivity contribution in [3.63, 3.8) is 0 Å². The molecule has 0 saturated carbocycles. The number of benzene rings is 1. The van der Waals surface area contributed by atoms with Gasteiger partial charge >= 0.3 is 0 Å². The number of nitrogens with zero attached hydrogens (tertiary/aromatic N) is 2. The fraction of sp³-hybridized carbons (Fsp3) is 0.0667. The average molecular weight is 303 g/mol. The first kappa shape index (κ1) is 15.0. The topological polar surface area (TPSA) is 85.8 Å². The fourth-order valence-electron chi connectivity index (χ4n) is 2.07. The van der Waals surface area contributed by atoms with E-state index >= 15 is 0 Å². The number of methoxy groups -OCH3 is 1. The number of ether oxygens (including phenoxy) is 1. The van der Waals surface area contributed by atoms with E-state index in [0.29, 0.717) is 10.8 Å². The Morgan fingerprint density at radius 3 is 2.57 bits per heavy atom. The van der Waals surface area contributed by atoms with Gasteiger partial charge in [0.15, 0.2) is 0 Å². The molecular formula is C15H15ClN4O. The Hall–Kier alpha value is -2.37. The van der Waals surface area contributed by atoms with Crippen molar-refractivity contribution < 1.29 is 4.74 Å². The van der Waals surface area contributed by atoms with Gasteiger partial charge in [0.05, 0.1) is 24.0 Å². The van der Waals surface area contributed by atoms with Gasteiger partial charge in [0.2, 0.25) is 0 Å². The number of aromatic amines is 1. The van der Waals surface area contributed by atoms with Gasteiger partial charge in [-0.05, 0) is 29.8 Å². The largest absolute Gasteiger partial charge is 0.495 e. The number of H-pyrrole nitrogens is 1. The molecule has 0 atom stereocenters. The summed E-state index contributed by atoms with van der Waals surface area (Å²) in [5, 5.41) is 7.74. The fourth-order valence-corrected chi connectivity index (χ4v) is 2.27. The molecule has 2 heterocycles. The van der Waals surface area contributed by atoms with Gasteiger partial charge in [-0.2, -0.15) is 5.10 Å². The number of nitrogens with one attached hydrogen (secondary N) is 1. The highest BCUT2D eigenvalue weighted by Gasteiger charge is 2.11. The summed E-state index contributed by atoms with van der Waals surface area (Å²) in [6.07, 6.45) is 5.29. The Morgan fingerprint density at radius 1 is 1.10 bits per heavy atom. The van der Waals surface area contributed by atoms with Crippen molar-refractivity contribution in [1.82, 2.24) is 21.3 Å². The van der Waals surface area contributed by atoms with Gasteiger partial charge in [0.1, 0.15) is 5.75 Å². The monoisotopic (exact) mass is 302 g/mol. The second-order valence-corrected chi connectivity index (χ2v) is 4.65. The zero-order chi connectivity index (χ0) is 13.9. The van der Waals surface area contributed by atoms with Crippen LogP contribution in [0.3, 0.4) is 0 Å². The Labute approximate surface area is 127 Å². The molecule has 108 valence electrons. The predicted octanol–water partition coefficient (Wildman–Crippen LogP) is 3.96. The highest BCUT2D eigenvalue weighted by Crippen LogP contribution is 2.34. The van der Waals surface area contributed by atoms with Crippen molar-refractivity contribution >= 4 is 11.6 Å². The SMILES string of the molecule is COc1cc(-c2cn[nH]c2-c2ccncc2)ccc1Cl.N. The van der Waals surface area contributed by atoms with E-state index in [1.807, 2.05) is 30.3 Å². The van der Waals surface area contributed by atoms with Gasteiger partial charge in [-0.15, -0.1) is 0 Å². The van der Waals surface area contributed by atoms with Crippen LogP contribution in [-0.4, -0.2) is 22.3 Å². The number of aromatic nitrogens is 3. The molecule has 0 fully saturated rings. The normalized spacial score (nSPS) is 10.0. The van der Waals surface area contributed by atoms with Gasteiger partial charge in [-0.25, -0.2) is 0 Å². The highest BCUT2D eigenvalue weighted by molar-refractivity contribution is 6.32. The van der Waals surface area contributed by atoms with E-state index in [1.165, 1.54) is 0 Å². The summed E-state index contributed by atoms with van der Waals surface area (Å²) >= 11 is 6.06. The van der Waals surface area contributed by atoms with Crippen molar-refractivity contribution in [1.29, 1.82) is 0 Å². The molecule has 0 spiro atoms. The van der Waals surface area contributed by atoms with Crippen LogP contribution in [0, 0.1) is 0 Å². The lowest BCUT2D eigenvalue weighted by molar-refractivity contribution is 0.415. The summed E-state index contributed by atoms with van der Waals surface area (Å²) in [4.78, 5) is 4.02. The van der Waals surface area contributed by atoms with Crippen LogP contribution in [0.5, 0.6) is 5.75 Å². The number of rotatable bonds is 3. The van der Waals surface area contributed by atoms with Crippen LogP contribution in [0.15, 0.2) is 48.9 Å². The number of halogens is 1. The van der Waals surface area contributed by atoms with E-state index in [4.69, 9.17) is 16.3 Å². The molecule has 21 heavy (non-hydrogen) atoms. The third-order valence-corrected chi connectivity index (χ3v) is 3.38. The smallest absolute Gasteiger partial charge is 0.138 e. The third kappa shape index (κ3) is 2.89. The second kappa shape index (κ2) is 6.39. The maximum Gasteiger partial charge on any atom is 0.138 e. The summed E-state index contributed by atoms with van der Waals surface area (Å²) in [5.74, 6) is 0.644. The zero-order valence-corrected chi connectivity index (χ0v) is 12.3. The van der Waals surface area contributed by atoms with Crippen LogP contribution >= 0.6 is 11.6 Å². The molecule has 0 aliphatic carbocycles. The van der Waals surface area contributed by atoms with Gasteiger partial charge in [0, 0.05) is 23.5 Å². The van der Waals surface area contributed by atoms with Crippen molar-refractivity contribution in [2.75, 3.05) is 7.11 Å². The minimum absolute atomic E-state index is 0. The molecule has 0 unspecified atom stereocenters. The molecule has 0 radical (unpaired) electrons. The summed E-state index contributed by atoms with van der Waals surface area (Å²) < 4.78 is 5.26. The van der Waals surface area contributed by atoms with Crippen LogP contribution in [0.2, 0.25) is 5.02 Å². The van der Waals surface area contributed by atoms with Gasteiger partial charge in [0.25, 0.3) is 0 Å². The lowest BCUT2D eigenvalue weighted by Crippen LogP contribution is -1.87. The van der Waals surface area contributed by atoms with Crippen molar-refractivity contribution in [2.45, 2.75) is 0 Å². The Bertz CT molecular complexity index is 728. The number of hydrogen-bond acceptors (Lipinski definition) is 4. The first-order valence-electron chi connectivity index (χ1n) is 6.07. The van der Waals surface area contributed by atoms with Crippen LogP contribution < -0.4 is 10.9 Å². The molecule has 6 heteroatoms. The molecule has 0 saturated heterocycles. The van der Waals surface area contributed by atoms with Gasteiger partial charge < -0.3 is 10.9 Å². The average Bonchev–Trinajstić information content (AvgIpc) is 2.98. The summed E-state index contributed by atoms with van der Waals surface area (Å²) in [6.45, 7) is 0. The van der Waals surface area contributed by atoms with E-state index in [2.05, 4.69) is 15.2 Å². The maximum atomic E-state index is 6.06. The molecule has 2 aromatic heterocycles. The number of pyridine rings is 1. The lowest BCUT2D eigenvalue weighted by Gasteiger charge is -2.07. The molecule has 0 amide bonds. The van der Waals surface area contributed by atoms with E-state index in [0.717, 1.165) is 22.4 Å². The quantitative estimate of drug-likeness (QED) is 0.766. The van der Waals surface area contributed by atoms with E-state index in [9.17, 15) is 0 Å². The number of hydrogen-bond donors (Lipinski definition) is 2. The Balaban J connectivity index is 0.00000161. The minimum atomic E-state index is 0. The van der Waals surface area contributed by atoms with Crippen molar-refractivity contribution in [2.24, 2.45) is 0 Å². The van der Waals surface area contributed by atoms with Crippen LogP contribution in [-0.2, 0) is 0 Å². The molecule has 0 aliphatic rings. The van der Waals surface area contributed by atoms with Gasteiger partial charge in [-0.3, -0.25) is 10.1 Å². The molecule has 5 nitrogen and oxygen atoms in total. The zero-order valence-electron chi connectivity index (χ0n) is 11.5. The van der Waals surface area contributed by atoms with E-state index in [-0.39, 0.29) is 6.15 Å². The van der Waals surface area contributed by atoms with Crippen molar-refractivity contribution in [3.05, 3.63) is 53.9 Å². The molecule has 3 aromatic rings. The Morgan fingerprint density at radius 2 is 1.86 bits per heavy atom. The second-order valence-electron chi connectivity index (χ2n) is 4.24. The van der Waals surface area contributed by atoms with E-state index in [1.54, 1.807) is 25.7 Å². The highest BCUT2D eigenvalue weighted by atomic mass is 35.5. The molecule has 0 aliphatic heterocycles. The molecule has 4 N–H and O–H groups in total. The van der Waals surface area contributed by atoms with E-state index < -0.39 is 0 Å². The molecular weight excluding hydrogens is 288 g/mol. The third-order valence-electron chi connectivity index (χ3n) is 3.07. The maximum absolute atomic E-state index is 6.06. The van der Waals surface area contributed by atoms with Gasteiger partial charge in [-0.1, -0.05) is 17.7 Å². The van der Waals surface area contributed by atoms with Crippen LogP contribution in [0.4, 0.5) is 0 Å². The predicted molar refractivity (Wildman–Crippen MR) is 83.8 cm³/mol. The first-order valence-corrected chi connectivity index (χ1v) is 6.45. The molecule has 0 bridgehead atoms. The summed E-state index contributed by atoms with van der Waals surface area (Å²) in [6, 6.07) is 9.53. The van der Waals surface area contributed by atoms with Crippen LogP contribution in [0.1, 0.15) is 0 Å². The molecule has 1 aromatic carbocycles. The first-order chi connectivity index (χ1) is 9.79. The molecule has 3 rings (SSSR count). The summed E-state index contributed by atoms with van der Waals surface area (Å²) in [5.41, 5.74) is 3.95. The standard InChI is InChI=1S/C15H12ClN3O.H3N/c1-20-14-8-11(2-3-13(14)16)12-9-18-19-15(12)10-4-6-17-7-5-10;/h2-9H,1H3,(H,18,19);1H3. The van der Waals surface area contributed by atoms with Crippen molar-refractivity contribution in [3.8, 4) is 28.1 Å². The summed E-state index contributed by atoms with van der Waals surface area (Å²) in [7, 11) is 1.60. The lowest BCUT2D eigenvalue weighted by atomic mass is 10.0. The Kier molecular flexibility index (Phi) is 4.57. The van der Waals surface area contributed by atoms with Crippen LogP contribution in [0.25, 0.3) is 22.4 Å². The minimum Gasteiger partial charge on any atom is -0.495 e.